The molecule has 0 rings (SSSR count). The highest BCUT2D eigenvalue weighted by molar-refractivity contribution is 6.68. The highest BCUT2D eigenvalue weighted by atomic mass is 35.6. The Morgan fingerprint density at radius 3 is 1.48 bits per heavy atom. The molecule has 0 saturated carbocycles. The molecule has 2 atom stereocenters. The molecule has 0 saturated heterocycles. The molecule has 0 aliphatic carbocycles. The molecule has 14 heteroatoms. The molecule has 2 amide bonds. The largest absolute Gasteiger partial charge is 0.449 e. The molecule has 0 fully saturated rings. The number of hydrogen-bond acceptors (Lipinski definition) is 6. The van der Waals surface area contributed by atoms with Crippen LogP contribution in [0.25, 0.3) is 0 Å². The van der Waals surface area contributed by atoms with Gasteiger partial charge >= 0.3 is 12.2 Å². The van der Waals surface area contributed by atoms with Gasteiger partial charge in [-0.25, -0.2) is 9.59 Å². The van der Waals surface area contributed by atoms with Crippen LogP contribution in [0.15, 0.2) is 0 Å². The second-order valence-electron chi connectivity index (χ2n) is 5.89. The van der Waals surface area contributed by atoms with E-state index in [1.54, 1.807) is 6.92 Å². The first-order chi connectivity index (χ1) is 12.1. The fourth-order valence-corrected chi connectivity index (χ4v) is 2.07. The molecule has 8 nitrogen and oxygen atoms in total. The minimum absolute atomic E-state index is 0.181. The second kappa shape index (κ2) is 11.4. The SMILES string of the molecule is CCCC(C)(COC(=O)NC(O)C(Cl)(Cl)Cl)COC(=O)NC(O)C(Cl)(Cl)Cl. The van der Waals surface area contributed by atoms with E-state index in [9.17, 15) is 19.8 Å². The van der Waals surface area contributed by atoms with Crippen molar-refractivity contribution in [3.63, 3.8) is 0 Å². The normalized spacial score (nSPS) is 16.7. The number of rotatable bonds is 8. The van der Waals surface area contributed by atoms with Crippen LogP contribution >= 0.6 is 69.6 Å². The van der Waals surface area contributed by atoms with E-state index in [-0.39, 0.29) is 13.2 Å². The molecular weight excluding hydrogens is 493 g/mol. The number of aliphatic hydroxyl groups is 2. The molecule has 0 heterocycles. The van der Waals surface area contributed by atoms with Crippen LogP contribution in [-0.4, -0.2) is 55.7 Å². The quantitative estimate of drug-likeness (QED) is 0.291. The Morgan fingerprint density at radius 2 is 1.22 bits per heavy atom. The Kier molecular flexibility index (Phi) is 11.5. The van der Waals surface area contributed by atoms with Crippen molar-refractivity contribution in [1.29, 1.82) is 0 Å². The fourth-order valence-electron chi connectivity index (χ4n) is 1.74. The predicted octanol–water partition coefficient (Wildman–Crippen LogP) is 3.62. The van der Waals surface area contributed by atoms with Gasteiger partial charge in [-0.1, -0.05) is 89.9 Å². The Morgan fingerprint density at radius 1 is 0.889 bits per heavy atom. The summed E-state index contributed by atoms with van der Waals surface area (Å²) in [5.41, 5.74) is -0.778. The number of ether oxygens (including phenoxy) is 2. The fraction of sp³-hybridized carbons (Fsp3) is 0.846. The smallest absolute Gasteiger partial charge is 0.409 e. The van der Waals surface area contributed by atoms with Crippen LogP contribution in [0.4, 0.5) is 9.59 Å². The molecule has 27 heavy (non-hydrogen) atoms. The van der Waals surface area contributed by atoms with Crippen molar-refractivity contribution in [2.24, 2.45) is 5.41 Å². The van der Waals surface area contributed by atoms with Crippen LogP contribution in [0.3, 0.4) is 0 Å². The van der Waals surface area contributed by atoms with E-state index in [1.807, 2.05) is 17.6 Å². The van der Waals surface area contributed by atoms with Gasteiger partial charge in [0.05, 0.1) is 0 Å². The number of nitrogens with one attached hydrogen (secondary N) is 2. The Balaban J connectivity index is 4.62. The maximum atomic E-state index is 11.7. The maximum absolute atomic E-state index is 11.7. The average Bonchev–Trinajstić information content (AvgIpc) is 2.49. The number of halogens is 6. The lowest BCUT2D eigenvalue weighted by Crippen LogP contribution is -2.46. The zero-order chi connectivity index (χ0) is 21.5. The standard InChI is InChI=1S/C13H20Cl6N2O6/c1-3-4-11(2,5-26-9(24)20-7(22)12(14,15)16)6-27-10(25)21-8(23)13(17,18)19/h7-8,22-23H,3-6H2,1-2H3,(H,20,24)(H,21,25). The number of carbonyl (C=O) groups excluding carboxylic acids is 2. The summed E-state index contributed by atoms with van der Waals surface area (Å²) in [6, 6.07) is 0. The summed E-state index contributed by atoms with van der Waals surface area (Å²) >= 11 is 32.5. The third-order valence-electron chi connectivity index (χ3n) is 3.09. The van der Waals surface area contributed by atoms with Crippen LogP contribution in [-0.2, 0) is 9.47 Å². The Labute approximate surface area is 186 Å². The Bertz CT molecular complexity index is 461. The van der Waals surface area contributed by atoms with Crippen LogP contribution in [0, 0.1) is 5.41 Å². The molecule has 0 aliphatic rings. The highest BCUT2D eigenvalue weighted by Crippen LogP contribution is 2.30. The van der Waals surface area contributed by atoms with Crippen LogP contribution in [0.2, 0.25) is 0 Å². The first kappa shape index (κ1) is 27.2. The molecule has 0 spiro atoms. The lowest BCUT2D eigenvalue weighted by Gasteiger charge is -2.29. The molecule has 2 unspecified atom stereocenters. The predicted molar refractivity (Wildman–Crippen MR) is 105 cm³/mol. The molecule has 0 aromatic rings. The van der Waals surface area contributed by atoms with E-state index in [0.29, 0.717) is 12.8 Å². The van der Waals surface area contributed by atoms with Gasteiger partial charge in [0.25, 0.3) is 0 Å². The number of carbonyl (C=O) groups is 2. The molecule has 4 N–H and O–H groups in total. The van der Waals surface area contributed by atoms with E-state index < -0.39 is 37.6 Å². The van der Waals surface area contributed by atoms with E-state index in [4.69, 9.17) is 79.1 Å². The summed E-state index contributed by atoms with van der Waals surface area (Å²) in [5, 5.41) is 22.8. The summed E-state index contributed by atoms with van der Waals surface area (Å²) in [6.45, 7) is 3.20. The van der Waals surface area contributed by atoms with Gasteiger partial charge in [0.15, 0.2) is 12.5 Å². The van der Waals surface area contributed by atoms with Gasteiger partial charge in [-0.2, -0.15) is 0 Å². The lowest BCUT2D eigenvalue weighted by atomic mass is 9.87. The minimum atomic E-state index is -2.13. The molecule has 0 radical (unpaired) electrons. The number of aliphatic hydroxyl groups excluding tert-OH is 2. The number of alkyl carbamates (subject to hydrolysis) is 2. The van der Waals surface area contributed by atoms with E-state index in [2.05, 4.69) is 0 Å². The number of amides is 2. The van der Waals surface area contributed by atoms with Crippen molar-refractivity contribution < 1.29 is 29.3 Å². The lowest BCUT2D eigenvalue weighted by molar-refractivity contribution is 0.0200. The highest BCUT2D eigenvalue weighted by Gasteiger charge is 2.35. The first-order valence-electron chi connectivity index (χ1n) is 7.47. The Hall–Kier alpha value is 0.200. The maximum Gasteiger partial charge on any atom is 0.409 e. The zero-order valence-corrected chi connectivity index (χ0v) is 18.8. The molecule has 0 aromatic carbocycles. The molecule has 0 aliphatic heterocycles. The van der Waals surface area contributed by atoms with Gasteiger partial charge in [-0.05, 0) is 6.42 Å². The molecule has 160 valence electrons. The second-order valence-corrected chi connectivity index (χ2v) is 10.6. The van der Waals surface area contributed by atoms with Gasteiger partial charge in [0.1, 0.15) is 13.2 Å². The minimum Gasteiger partial charge on any atom is -0.449 e. The summed E-state index contributed by atoms with van der Waals surface area (Å²) in [7, 11) is 0. The van der Waals surface area contributed by atoms with Crippen molar-refractivity contribution in [3.05, 3.63) is 0 Å². The van der Waals surface area contributed by atoms with Gasteiger partial charge in [-0.15, -0.1) is 0 Å². The summed E-state index contributed by atoms with van der Waals surface area (Å²) in [5.74, 6) is 0. The van der Waals surface area contributed by atoms with E-state index in [0.717, 1.165) is 0 Å². The van der Waals surface area contributed by atoms with Gasteiger partial charge in [0, 0.05) is 5.41 Å². The van der Waals surface area contributed by atoms with Crippen molar-refractivity contribution in [2.45, 2.75) is 46.7 Å². The van der Waals surface area contributed by atoms with Crippen LogP contribution in [0.5, 0.6) is 0 Å². The van der Waals surface area contributed by atoms with Gasteiger partial charge in [0.2, 0.25) is 7.59 Å². The topological polar surface area (TPSA) is 117 Å². The summed E-state index contributed by atoms with van der Waals surface area (Å²) in [6.07, 6.45) is -4.44. The van der Waals surface area contributed by atoms with Gasteiger partial charge < -0.3 is 19.7 Å². The van der Waals surface area contributed by atoms with Crippen molar-refractivity contribution in [1.82, 2.24) is 10.6 Å². The van der Waals surface area contributed by atoms with E-state index >= 15 is 0 Å². The van der Waals surface area contributed by atoms with Crippen molar-refractivity contribution in [3.8, 4) is 0 Å². The molecular formula is C13H20Cl6N2O6. The summed E-state index contributed by atoms with van der Waals surface area (Å²) in [4.78, 5) is 23.4. The molecule has 0 aromatic heterocycles. The van der Waals surface area contributed by atoms with E-state index in [1.165, 1.54) is 0 Å². The number of alkyl halides is 6. The van der Waals surface area contributed by atoms with Crippen LogP contribution < -0.4 is 10.6 Å². The van der Waals surface area contributed by atoms with Crippen molar-refractivity contribution >= 4 is 81.8 Å². The third kappa shape index (κ3) is 11.7. The van der Waals surface area contributed by atoms with Gasteiger partial charge in [-0.3, -0.25) is 10.6 Å². The van der Waals surface area contributed by atoms with Crippen molar-refractivity contribution in [2.75, 3.05) is 13.2 Å². The first-order valence-corrected chi connectivity index (χ1v) is 9.73. The monoisotopic (exact) mass is 510 g/mol. The number of hydrogen-bond donors (Lipinski definition) is 4. The summed E-state index contributed by atoms with van der Waals surface area (Å²) < 4.78 is 5.71. The zero-order valence-electron chi connectivity index (χ0n) is 14.3. The average molecular weight is 513 g/mol. The molecule has 0 bridgehead atoms. The van der Waals surface area contributed by atoms with Crippen LogP contribution in [0.1, 0.15) is 26.7 Å². The third-order valence-corrected chi connectivity index (χ3v) is 4.33.